The van der Waals surface area contributed by atoms with Gasteiger partial charge in [-0.1, -0.05) is 53.2 Å². The van der Waals surface area contributed by atoms with Gasteiger partial charge in [-0.25, -0.2) is 0 Å². The molecule has 324 valence electrons. The van der Waals surface area contributed by atoms with Crippen LogP contribution in [0.1, 0.15) is 99.3 Å². The van der Waals surface area contributed by atoms with Crippen LogP contribution in [0.5, 0.6) is 0 Å². The minimum Gasteiger partial charge on any atom is -0.481 e. The van der Waals surface area contributed by atoms with Crippen LogP contribution >= 0.6 is 0 Å². The summed E-state index contributed by atoms with van der Waals surface area (Å²) in [5.74, 6) is -1.90. The van der Waals surface area contributed by atoms with E-state index in [4.69, 9.17) is 18.9 Å². The third kappa shape index (κ3) is 6.14. The monoisotopic (exact) mass is 810 g/mol. The summed E-state index contributed by atoms with van der Waals surface area (Å²) in [6.45, 7) is 11.7. The maximum Gasteiger partial charge on any atom is 0.315 e. The zero-order valence-electron chi connectivity index (χ0n) is 34.1. The molecular weight excluding hydrogens is 744 g/mol. The molecular formula is C42H66O15. The van der Waals surface area contributed by atoms with Crippen molar-refractivity contribution in [2.45, 2.75) is 167 Å². The topological polar surface area (TPSA) is 253 Å². The predicted molar refractivity (Wildman–Crippen MR) is 199 cm³/mol. The molecule has 15 heteroatoms. The summed E-state index contributed by atoms with van der Waals surface area (Å²) >= 11 is 0. The first-order valence-electron chi connectivity index (χ1n) is 21.1. The smallest absolute Gasteiger partial charge is 0.315 e. The minimum absolute atomic E-state index is 0.0408. The molecule has 2 heterocycles. The molecule has 0 spiro atoms. The lowest BCUT2D eigenvalue weighted by molar-refractivity contribution is -0.330. The maximum atomic E-state index is 14.6. The van der Waals surface area contributed by atoms with E-state index in [0.717, 1.165) is 5.57 Å². The van der Waals surface area contributed by atoms with Crippen LogP contribution in [-0.2, 0) is 28.5 Å². The van der Waals surface area contributed by atoms with Crippen molar-refractivity contribution in [3.05, 3.63) is 11.6 Å². The van der Waals surface area contributed by atoms with E-state index < -0.39 is 120 Å². The van der Waals surface area contributed by atoms with Gasteiger partial charge < -0.3 is 64.9 Å². The van der Waals surface area contributed by atoms with Crippen LogP contribution in [0.25, 0.3) is 0 Å². The van der Waals surface area contributed by atoms with Crippen LogP contribution in [0, 0.1) is 56.7 Å². The Balaban J connectivity index is 1.20. The van der Waals surface area contributed by atoms with E-state index in [1.54, 1.807) is 0 Å². The van der Waals surface area contributed by atoms with E-state index in [2.05, 4.69) is 47.6 Å². The number of carboxylic acids is 1. The van der Waals surface area contributed by atoms with Crippen molar-refractivity contribution in [2.24, 2.45) is 56.7 Å². The second-order valence-electron chi connectivity index (χ2n) is 20.0. The zero-order valence-corrected chi connectivity index (χ0v) is 34.1. The molecule has 2 aliphatic heterocycles. The number of carbonyl (C=O) groups is 2. The fourth-order valence-electron chi connectivity index (χ4n) is 13.9. The molecule has 0 radical (unpaired) electrons. The lowest BCUT2D eigenvalue weighted by Crippen LogP contribution is -2.68. The third-order valence-corrected chi connectivity index (χ3v) is 17.4. The van der Waals surface area contributed by atoms with Crippen molar-refractivity contribution in [3.63, 3.8) is 0 Å². The van der Waals surface area contributed by atoms with Crippen LogP contribution < -0.4 is 0 Å². The number of aliphatic carboxylic acids is 1. The van der Waals surface area contributed by atoms with Gasteiger partial charge in [0, 0.05) is 0 Å². The molecule has 0 aromatic carbocycles. The quantitative estimate of drug-likeness (QED) is 0.0997. The van der Waals surface area contributed by atoms with Gasteiger partial charge in [0.05, 0.1) is 30.1 Å². The summed E-state index contributed by atoms with van der Waals surface area (Å²) in [4.78, 5) is 28.8. The van der Waals surface area contributed by atoms with Gasteiger partial charge in [-0.15, -0.1) is 0 Å². The second kappa shape index (κ2) is 15.0. The van der Waals surface area contributed by atoms with Crippen LogP contribution in [0.2, 0.25) is 0 Å². The van der Waals surface area contributed by atoms with Gasteiger partial charge >= 0.3 is 11.9 Å². The van der Waals surface area contributed by atoms with Gasteiger partial charge in [0.1, 0.15) is 48.8 Å². The Morgan fingerprint density at radius 2 is 1.33 bits per heavy atom. The Morgan fingerprint density at radius 1 is 0.737 bits per heavy atom. The predicted octanol–water partition coefficient (Wildman–Crippen LogP) is 1.24. The van der Waals surface area contributed by atoms with Crippen molar-refractivity contribution in [1.82, 2.24) is 0 Å². The van der Waals surface area contributed by atoms with Crippen molar-refractivity contribution >= 4 is 11.9 Å². The summed E-state index contributed by atoms with van der Waals surface area (Å²) in [5.41, 5.74) is -3.12. The highest BCUT2D eigenvalue weighted by atomic mass is 16.7. The van der Waals surface area contributed by atoms with Crippen molar-refractivity contribution in [2.75, 3.05) is 13.2 Å². The number of carboxylic acid groups (broad SMARTS) is 1. The molecule has 15 nitrogen and oxygen atoms in total. The molecule has 7 aliphatic rings. The summed E-state index contributed by atoms with van der Waals surface area (Å²) in [6.07, 6.45) is -8.38. The fraction of sp³-hybridized carbons (Fsp3) is 0.905. The molecule has 0 amide bonds. The van der Waals surface area contributed by atoms with E-state index in [-0.39, 0.29) is 41.9 Å². The van der Waals surface area contributed by atoms with E-state index in [1.165, 1.54) is 0 Å². The third-order valence-electron chi connectivity index (χ3n) is 17.4. The highest BCUT2D eigenvalue weighted by molar-refractivity contribution is 5.85. The van der Waals surface area contributed by atoms with Gasteiger partial charge in [0.25, 0.3) is 0 Å². The number of hydrogen-bond donors (Lipinski definition) is 9. The van der Waals surface area contributed by atoms with Crippen LogP contribution in [-0.4, -0.2) is 139 Å². The summed E-state index contributed by atoms with van der Waals surface area (Å²) < 4.78 is 23.7. The molecule has 7 rings (SSSR count). The Labute approximate surface area is 334 Å². The molecule has 57 heavy (non-hydrogen) atoms. The number of fused-ring (bicyclic) bond motifs is 7. The van der Waals surface area contributed by atoms with Crippen molar-refractivity contribution in [3.8, 4) is 0 Å². The van der Waals surface area contributed by atoms with Crippen molar-refractivity contribution < 1.29 is 74.5 Å². The summed E-state index contributed by atoms with van der Waals surface area (Å²) in [5, 5.41) is 94.3. The van der Waals surface area contributed by atoms with Crippen molar-refractivity contribution in [1.29, 1.82) is 0 Å². The number of aliphatic hydroxyl groups excluding tert-OH is 8. The molecule has 5 aliphatic carbocycles. The molecule has 0 aromatic rings. The number of esters is 1. The molecule has 0 unspecified atom stereocenters. The molecule has 0 bridgehead atoms. The fourth-order valence-corrected chi connectivity index (χ4v) is 13.9. The average Bonchev–Trinajstić information content (AvgIpc) is 3.16. The molecule has 2 saturated heterocycles. The molecule has 20 atom stereocenters. The first-order chi connectivity index (χ1) is 26.7. The van der Waals surface area contributed by atoms with Gasteiger partial charge in [-0.2, -0.15) is 0 Å². The number of ether oxygens (including phenoxy) is 4. The van der Waals surface area contributed by atoms with E-state index >= 15 is 0 Å². The number of allylic oxidation sites excluding steroid dienone is 1. The molecule has 9 N–H and O–H groups in total. The second-order valence-corrected chi connectivity index (χ2v) is 20.0. The Hall–Kier alpha value is -1.76. The Morgan fingerprint density at radius 3 is 1.93 bits per heavy atom. The average molecular weight is 811 g/mol. The van der Waals surface area contributed by atoms with E-state index in [9.17, 15) is 55.5 Å². The SMILES string of the molecule is C[C@H]1[C@H](C)CC[C@]2(C(=O)O[C@@H]3O[C@H](CO)[C@@H](O)[C@H](O)[C@H]3O)CC[C@]3(C(=O)O)C(=CC[C@@H]4[C@@]5(C)CC[C@H](O[C@@H]6O[C@H](CO)[C@@H](O)[C@H](O)[C@@H]6O)C(C)(C)[C@@H]5CC[C@]43C)[C@H]12. The molecule has 0 aromatic heterocycles. The maximum absolute atomic E-state index is 14.6. The number of carbonyl (C=O) groups excluding carboxylic acids is 1. The first-order valence-corrected chi connectivity index (χ1v) is 21.1. The zero-order chi connectivity index (χ0) is 41.8. The number of rotatable bonds is 7. The molecule has 6 fully saturated rings. The van der Waals surface area contributed by atoms with Crippen LogP contribution in [0.3, 0.4) is 0 Å². The van der Waals surface area contributed by atoms with Gasteiger partial charge in [-0.05, 0) is 104 Å². The highest BCUT2D eigenvalue weighted by Gasteiger charge is 2.74. The Kier molecular flexibility index (Phi) is 11.4. The van der Waals surface area contributed by atoms with Crippen LogP contribution in [0.4, 0.5) is 0 Å². The Bertz CT molecular complexity index is 1570. The minimum atomic E-state index is -1.75. The largest absolute Gasteiger partial charge is 0.481 e. The van der Waals surface area contributed by atoms with E-state index in [1.807, 2.05) is 0 Å². The summed E-state index contributed by atoms with van der Waals surface area (Å²) in [7, 11) is 0. The molecule has 4 saturated carbocycles. The summed E-state index contributed by atoms with van der Waals surface area (Å²) in [6, 6.07) is 0. The number of aliphatic hydroxyl groups is 8. The van der Waals surface area contributed by atoms with E-state index in [0.29, 0.717) is 44.9 Å². The lowest BCUT2D eigenvalue weighted by Gasteiger charge is -2.70. The van der Waals surface area contributed by atoms with Gasteiger partial charge in [0.2, 0.25) is 6.29 Å². The van der Waals surface area contributed by atoms with Gasteiger partial charge in [-0.3, -0.25) is 9.59 Å². The highest BCUT2D eigenvalue weighted by Crippen LogP contribution is 2.76. The number of hydrogen-bond acceptors (Lipinski definition) is 14. The van der Waals surface area contributed by atoms with Crippen LogP contribution in [0.15, 0.2) is 11.6 Å². The standard InChI is InChI=1S/C42H66O15/c1-19-9-14-41(37(53)57-35-33(50)31(48)29(46)23(18-44)55-35)15-16-42(36(51)52)21(27(41)20(19)2)7-8-25-39(5)12-11-26(38(3,4)24(39)10-13-40(25,42)6)56-34-32(49)30(47)28(45)22(17-43)54-34/h7,19-20,22-35,43-50H,8-18H2,1-6H3,(H,51,52)/t19-,20+,22-,23-,24+,25-,26+,27+,28-,29-,30+,31+,32+,33-,34+,35+,39+,40-,41+,42-/m1/s1. The first kappa shape index (κ1) is 43.3. The normalized spacial score (nSPS) is 53.3. The lowest BCUT2D eigenvalue weighted by atomic mass is 9.33. The van der Waals surface area contributed by atoms with Gasteiger partial charge in [0.15, 0.2) is 6.29 Å².